The first-order chi connectivity index (χ1) is 6.18. The van der Waals surface area contributed by atoms with Crippen molar-refractivity contribution in [2.75, 3.05) is 26.7 Å². The van der Waals surface area contributed by atoms with Gasteiger partial charge in [-0.25, -0.2) is 0 Å². The van der Waals surface area contributed by atoms with Gasteiger partial charge in [0, 0.05) is 12.6 Å². The predicted molar refractivity (Wildman–Crippen MR) is 60.1 cm³/mol. The first-order valence-corrected chi connectivity index (χ1v) is 5.20. The van der Waals surface area contributed by atoms with Crippen LogP contribution in [0.5, 0.6) is 0 Å². The highest BCUT2D eigenvalue weighted by Gasteiger charge is 2.00. The molecule has 0 atom stereocenters. The van der Waals surface area contributed by atoms with Crippen molar-refractivity contribution in [1.29, 1.82) is 0 Å². The van der Waals surface area contributed by atoms with Gasteiger partial charge in [-0.05, 0) is 46.8 Å². The first-order valence-electron chi connectivity index (χ1n) is 5.20. The maximum Gasteiger partial charge on any atom is 0.0132 e. The zero-order valence-corrected chi connectivity index (χ0v) is 9.34. The summed E-state index contributed by atoms with van der Waals surface area (Å²) in [6.45, 7) is 11.4. The number of nitrogens with one attached hydrogen (secondary N) is 1. The van der Waals surface area contributed by atoms with Crippen LogP contribution in [0.1, 0.15) is 26.7 Å². The Balaban J connectivity index is 3.11. The summed E-state index contributed by atoms with van der Waals surface area (Å²) in [7, 11) is 2.18. The Morgan fingerprint density at radius 3 is 2.62 bits per heavy atom. The summed E-state index contributed by atoms with van der Waals surface area (Å²) in [5.41, 5.74) is 0. The topological polar surface area (TPSA) is 15.3 Å². The minimum Gasteiger partial charge on any atom is -0.313 e. The molecule has 0 saturated heterocycles. The van der Waals surface area contributed by atoms with Crippen LogP contribution in [-0.2, 0) is 0 Å². The van der Waals surface area contributed by atoms with E-state index < -0.39 is 0 Å². The van der Waals surface area contributed by atoms with Crippen molar-refractivity contribution in [2.24, 2.45) is 0 Å². The van der Waals surface area contributed by atoms with E-state index in [-0.39, 0.29) is 0 Å². The normalized spacial score (nSPS) is 11.2. The molecular formula is C11H24N2. The SMILES string of the molecule is C=CCNCCCCN(C)C(C)C. The van der Waals surface area contributed by atoms with Crippen molar-refractivity contribution >= 4 is 0 Å². The number of rotatable bonds is 8. The lowest BCUT2D eigenvalue weighted by Crippen LogP contribution is -2.27. The average Bonchev–Trinajstić information content (AvgIpc) is 2.10. The van der Waals surface area contributed by atoms with E-state index in [0.29, 0.717) is 6.04 Å². The molecule has 1 N–H and O–H groups in total. The standard InChI is InChI=1S/C11H24N2/c1-5-8-12-9-6-7-10-13(4)11(2)3/h5,11-12H,1,6-10H2,2-4H3. The Morgan fingerprint density at radius 1 is 1.38 bits per heavy atom. The van der Waals surface area contributed by atoms with E-state index in [9.17, 15) is 0 Å². The van der Waals surface area contributed by atoms with Crippen molar-refractivity contribution in [3.63, 3.8) is 0 Å². The molecule has 0 radical (unpaired) electrons. The van der Waals surface area contributed by atoms with Gasteiger partial charge < -0.3 is 10.2 Å². The van der Waals surface area contributed by atoms with Crippen LogP contribution in [0.15, 0.2) is 12.7 Å². The number of unbranched alkanes of at least 4 members (excludes halogenated alkanes) is 1. The molecule has 0 heterocycles. The van der Waals surface area contributed by atoms with Crippen LogP contribution < -0.4 is 5.32 Å². The summed E-state index contributed by atoms with van der Waals surface area (Å²) in [5.74, 6) is 0. The van der Waals surface area contributed by atoms with Crippen LogP contribution in [0, 0.1) is 0 Å². The third-order valence-corrected chi connectivity index (χ3v) is 2.28. The molecular weight excluding hydrogens is 160 g/mol. The molecule has 0 saturated carbocycles. The fourth-order valence-corrected chi connectivity index (χ4v) is 1.07. The molecule has 0 fully saturated rings. The molecule has 2 nitrogen and oxygen atoms in total. The molecule has 0 aromatic heterocycles. The molecule has 0 bridgehead atoms. The third-order valence-electron chi connectivity index (χ3n) is 2.28. The van der Waals surface area contributed by atoms with Gasteiger partial charge in [-0.3, -0.25) is 0 Å². The highest BCUT2D eigenvalue weighted by molar-refractivity contribution is 4.69. The van der Waals surface area contributed by atoms with Gasteiger partial charge in [-0.1, -0.05) is 6.08 Å². The van der Waals surface area contributed by atoms with Crippen LogP contribution in [0.4, 0.5) is 0 Å². The molecule has 0 rings (SSSR count). The van der Waals surface area contributed by atoms with Crippen LogP contribution >= 0.6 is 0 Å². The van der Waals surface area contributed by atoms with Crippen molar-refractivity contribution in [3.05, 3.63) is 12.7 Å². The van der Waals surface area contributed by atoms with Gasteiger partial charge in [0.1, 0.15) is 0 Å². The van der Waals surface area contributed by atoms with Crippen molar-refractivity contribution in [3.8, 4) is 0 Å². The molecule has 0 aromatic rings. The fraction of sp³-hybridized carbons (Fsp3) is 0.818. The zero-order chi connectivity index (χ0) is 10.1. The van der Waals surface area contributed by atoms with E-state index in [1.165, 1.54) is 19.4 Å². The maximum absolute atomic E-state index is 3.66. The lowest BCUT2D eigenvalue weighted by molar-refractivity contribution is 0.268. The summed E-state index contributed by atoms with van der Waals surface area (Å²) in [5, 5.41) is 3.30. The summed E-state index contributed by atoms with van der Waals surface area (Å²) < 4.78 is 0. The van der Waals surface area contributed by atoms with E-state index in [4.69, 9.17) is 0 Å². The molecule has 0 spiro atoms. The minimum atomic E-state index is 0.668. The highest BCUT2D eigenvalue weighted by atomic mass is 15.1. The van der Waals surface area contributed by atoms with Crippen LogP contribution in [0.3, 0.4) is 0 Å². The lowest BCUT2D eigenvalue weighted by Gasteiger charge is -2.20. The molecule has 0 aliphatic heterocycles. The van der Waals surface area contributed by atoms with Gasteiger partial charge in [0.25, 0.3) is 0 Å². The first kappa shape index (κ1) is 12.7. The fourth-order valence-electron chi connectivity index (χ4n) is 1.07. The quantitative estimate of drug-likeness (QED) is 0.458. The second kappa shape index (κ2) is 8.27. The van der Waals surface area contributed by atoms with Crippen LogP contribution in [0.2, 0.25) is 0 Å². The van der Waals surface area contributed by atoms with Gasteiger partial charge in [0.15, 0.2) is 0 Å². The minimum absolute atomic E-state index is 0.668. The largest absolute Gasteiger partial charge is 0.313 e. The Morgan fingerprint density at radius 2 is 2.08 bits per heavy atom. The third kappa shape index (κ3) is 8.00. The average molecular weight is 184 g/mol. The van der Waals surface area contributed by atoms with Gasteiger partial charge >= 0.3 is 0 Å². The van der Waals surface area contributed by atoms with Crippen molar-refractivity contribution in [2.45, 2.75) is 32.7 Å². The van der Waals surface area contributed by atoms with E-state index >= 15 is 0 Å². The summed E-state index contributed by atoms with van der Waals surface area (Å²) in [6.07, 6.45) is 4.43. The second-order valence-corrected chi connectivity index (χ2v) is 3.77. The summed E-state index contributed by atoms with van der Waals surface area (Å²) >= 11 is 0. The molecule has 13 heavy (non-hydrogen) atoms. The second-order valence-electron chi connectivity index (χ2n) is 3.77. The van der Waals surface area contributed by atoms with Gasteiger partial charge in [0.2, 0.25) is 0 Å². The summed E-state index contributed by atoms with van der Waals surface area (Å²) in [6, 6.07) is 0.668. The molecule has 0 aliphatic carbocycles. The predicted octanol–water partition coefficient (Wildman–Crippen LogP) is 1.88. The monoisotopic (exact) mass is 184 g/mol. The maximum atomic E-state index is 3.66. The number of hydrogen-bond donors (Lipinski definition) is 1. The Bertz CT molecular complexity index is 121. The molecule has 0 amide bonds. The molecule has 0 aromatic carbocycles. The molecule has 0 unspecified atom stereocenters. The Labute approximate surface area is 83.0 Å². The van der Waals surface area contributed by atoms with E-state index in [2.05, 4.69) is 37.7 Å². The van der Waals surface area contributed by atoms with E-state index in [0.717, 1.165) is 13.1 Å². The van der Waals surface area contributed by atoms with Gasteiger partial charge in [0.05, 0.1) is 0 Å². The number of nitrogens with zero attached hydrogens (tertiary/aromatic N) is 1. The summed E-state index contributed by atoms with van der Waals surface area (Å²) in [4.78, 5) is 2.38. The lowest BCUT2D eigenvalue weighted by atomic mass is 10.2. The molecule has 2 heteroatoms. The molecule has 78 valence electrons. The smallest absolute Gasteiger partial charge is 0.0132 e. The van der Waals surface area contributed by atoms with E-state index in [1.807, 2.05) is 6.08 Å². The van der Waals surface area contributed by atoms with E-state index in [1.54, 1.807) is 0 Å². The Kier molecular flexibility index (Phi) is 8.05. The van der Waals surface area contributed by atoms with Gasteiger partial charge in [-0.15, -0.1) is 6.58 Å². The van der Waals surface area contributed by atoms with Crippen molar-refractivity contribution in [1.82, 2.24) is 10.2 Å². The van der Waals surface area contributed by atoms with Crippen LogP contribution in [-0.4, -0.2) is 37.6 Å². The van der Waals surface area contributed by atoms with Crippen molar-refractivity contribution < 1.29 is 0 Å². The highest BCUT2D eigenvalue weighted by Crippen LogP contribution is 1.96. The van der Waals surface area contributed by atoms with Gasteiger partial charge in [-0.2, -0.15) is 0 Å². The number of hydrogen-bond acceptors (Lipinski definition) is 2. The zero-order valence-electron chi connectivity index (χ0n) is 9.34. The molecule has 0 aliphatic rings. The Hall–Kier alpha value is -0.340. The van der Waals surface area contributed by atoms with Crippen LogP contribution in [0.25, 0.3) is 0 Å².